The Morgan fingerprint density at radius 1 is 0.338 bits per heavy atom. The van der Waals surface area contributed by atoms with Crippen molar-refractivity contribution in [1.82, 2.24) is 69.4 Å². The van der Waals surface area contributed by atoms with Gasteiger partial charge < -0.3 is 46.6 Å². The molecule has 0 saturated carbocycles. The van der Waals surface area contributed by atoms with Gasteiger partial charge in [-0.2, -0.15) is 23.4 Å². The number of hydrazone groups is 2. The average Bonchev–Trinajstić information content (AvgIpc) is 1.72. The highest BCUT2D eigenvalue weighted by molar-refractivity contribution is 6.34. The molecule has 8 aromatic carbocycles. The van der Waals surface area contributed by atoms with Gasteiger partial charge in [0.25, 0.3) is 22.2 Å². The van der Waals surface area contributed by atoms with Crippen LogP contribution in [0.5, 0.6) is 0 Å². The van der Waals surface area contributed by atoms with E-state index >= 15 is 0 Å². The molecule has 0 amide bonds. The molecule has 4 saturated heterocycles. The van der Waals surface area contributed by atoms with Crippen LogP contribution in [0.4, 0.5) is 41.9 Å². The van der Waals surface area contributed by atoms with Crippen molar-refractivity contribution in [3.05, 3.63) is 310 Å². The fourth-order valence-electron chi connectivity index (χ4n) is 19.2. The fourth-order valence-corrected chi connectivity index (χ4v) is 20.1. The Morgan fingerprint density at radius 2 is 0.647 bits per heavy atom. The summed E-state index contributed by atoms with van der Waals surface area (Å²) < 4.78 is 52.9. The monoisotopic (exact) mass is 1920 g/mol. The molecule has 16 heterocycles. The SMILES string of the molecule is C[N+]1=CC(c2ccc3ncc4ccc(=O)n(-c5ccc(N6CCNCC6)c(C(F)(F)F)c5)c4c3c2)C=N1.C[N+]1=CC(c2ccc3ncc4ccc(=O)n(-c5ccc(N6CCNCC6)c(Cl)c5)c4c3c2)C=N1.Nc1ncc(-c2ccc3ncc4ccc(=O)n(-c5ccc(N6CCNCC6)c(Cl)c5)c4c3c2)cn1.O=c1ccc2cnc3ccc(C4C=NN=C4)cc3c2n1-c1ccc(N2CCNCC2)c(Cl)c1. The maximum atomic E-state index is 14.3. The first-order valence-corrected chi connectivity index (χ1v) is 46.9. The lowest BCUT2D eigenvalue weighted by Crippen LogP contribution is -2.44. The Bertz CT molecular complexity index is 8230. The van der Waals surface area contributed by atoms with E-state index in [-0.39, 0.29) is 51.8 Å². The Kier molecular flexibility index (Phi) is 25.0. The van der Waals surface area contributed by atoms with E-state index in [9.17, 15) is 32.3 Å². The van der Waals surface area contributed by atoms with Gasteiger partial charge in [-0.15, -0.1) is 0 Å². The summed E-state index contributed by atoms with van der Waals surface area (Å²) in [6.45, 7) is 13.1. The molecule has 0 bridgehead atoms. The molecule has 29 nitrogen and oxygen atoms in total. The molecule has 139 heavy (non-hydrogen) atoms. The van der Waals surface area contributed by atoms with Crippen molar-refractivity contribution in [3.8, 4) is 33.9 Å². The Morgan fingerprint density at radius 3 is 0.971 bits per heavy atom. The largest absolute Gasteiger partial charge is 0.418 e. The second-order valence-electron chi connectivity index (χ2n) is 34.8. The molecule has 35 heteroatoms. The molecular weight excluding hydrogens is 1830 g/mol. The number of benzene rings is 8. The van der Waals surface area contributed by atoms with Crippen LogP contribution in [0, 0.1) is 0 Å². The normalized spacial score (nSPS) is 16.7. The number of halogens is 6. The number of alkyl halides is 3. The fraction of sp³-hybridized carbons (Fsp3) is 0.212. The smallest absolute Gasteiger partial charge is 0.368 e. The second-order valence-corrected chi connectivity index (χ2v) is 36.0. The lowest BCUT2D eigenvalue weighted by atomic mass is 9.98. The third-order valence-corrected chi connectivity index (χ3v) is 27.0. The van der Waals surface area contributed by atoms with Crippen molar-refractivity contribution < 1.29 is 22.5 Å². The van der Waals surface area contributed by atoms with Gasteiger partial charge in [-0.25, -0.2) is 9.97 Å². The van der Waals surface area contributed by atoms with Crippen LogP contribution in [0.15, 0.2) is 271 Å². The first-order chi connectivity index (χ1) is 67.6. The zero-order chi connectivity index (χ0) is 95.3. The van der Waals surface area contributed by atoms with Gasteiger partial charge in [-0.3, -0.25) is 57.4 Å². The summed E-state index contributed by atoms with van der Waals surface area (Å²) in [4.78, 5) is 87.9. The molecule has 24 rings (SSSR count). The van der Waals surface area contributed by atoms with Crippen LogP contribution in [0.3, 0.4) is 0 Å². The van der Waals surface area contributed by atoms with Crippen LogP contribution in [0.25, 0.3) is 121 Å². The van der Waals surface area contributed by atoms with Crippen molar-refractivity contribution in [3.63, 3.8) is 0 Å². The van der Waals surface area contributed by atoms with Crippen molar-refractivity contribution in [1.29, 1.82) is 0 Å². The highest BCUT2D eigenvalue weighted by Gasteiger charge is 2.37. The molecule has 2 unspecified atom stereocenters. The van der Waals surface area contributed by atoms with Crippen LogP contribution < -0.4 is 68.8 Å². The second kappa shape index (κ2) is 38.4. The predicted molar refractivity (Wildman–Crippen MR) is 552 cm³/mol. The van der Waals surface area contributed by atoms with Gasteiger partial charge in [0.05, 0.1) is 123 Å². The number of hydrogen-bond donors (Lipinski definition) is 5. The minimum atomic E-state index is -4.58. The number of aromatic nitrogens is 10. The average molecular weight is 1920 g/mol. The summed E-state index contributed by atoms with van der Waals surface area (Å²) in [5.74, 6) is 0.267. The van der Waals surface area contributed by atoms with E-state index in [1.807, 2.05) is 171 Å². The number of fused-ring (bicyclic) bond motifs is 12. The van der Waals surface area contributed by atoms with Gasteiger partial charge >= 0.3 is 6.18 Å². The number of nitrogens with one attached hydrogen (secondary N) is 4. The van der Waals surface area contributed by atoms with Crippen molar-refractivity contribution in [2.45, 2.75) is 23.9 Å². The number of piperazine rings is 4. The summed E-state index contributed by atoms with van der Waals surface area (Å²) in [6, 6.07) is 58.8. The molecular formula is C104H91Cl3F3N25O4+2. The molecule has 0 radical (unpaired) electrons. The zero-order valence-corrected chi connectivity index (χ0v) is 77.6. The number of rotatable bonds is 12. The van der Waals surface area contributed by atoms with Crippen LogP contribution in [-0.2, 0) is 6.18 Å². The van der Waals surface area contributed by atoms with E-state index in [1.54, 1.807) is 96.9 Å². The van der Waals surface area contributed by atoms with Crippen molar-refractivity contribution >= 4 is 188 Å². The van der Waals surface area contributed by atoms with E-state index in [4.69, 9.17) is 40.5 Å². The van der Waals surface area contributed by atoms with Crippen LogP contribution in [0.2, 0.25) is 15.1 Å². The third-order valence-electron chi connectivity index (χ3n) is 26.1. The molecule has 7 aliphatic heterocycles. The van der Waals surface area contributed by atoms with Gasteiger partial charge in [0, 0.05) is 233 Å². The van der Waals surface area contributed by atoms with E-state index in [1.165, 1.54) is 16.7 Å². The summed E-state index contributed by atoms with van der Waals surface area (Å²) >= 11 is 20.2. The van der Waals surface area contributed by atoms with Crippen LogP contribution in [0.1, 0.15) is 40.0 Å². The molecule has 2 atom stereocenters. The summed E-state index contributed by atoms with van der Waals surface area (Å²) in [5, 5.41) is 38.3. The van der Waals surface area contributed by atoms with E-state index in [0.717, 1.165) is 206 Å². The molecule has 696 valence electrons. The maximum absolute atomic E-state index is 14.3. The molecule has 7 aliphatic rings. The third kappa shape index (κ3) is 18.2. The van der Waals surface area contributed by atoms with E-state index in [2.05, 4.69) is 111 Å². The Hall–Kier alpha value is -15.2. The van der Waals surface area contributed by atoms with Crippen LogP contribution >= 0.6 is 34.8 Å². The van der Waals surface area contributed by atoms with Gasteiger partial charge in [-0.05, 0) is 178 Å². The number of nitrogen functional groups attached to an aromatic ring is 1. The number of pyridine rings is 8. The number of anilines is 5. The molecule has 0 aliphatic carbocycles. The van der Waals surface area contributed by atoms with Gasteiger partial charge in [0.2, 0.25) is 5.95 Å². The predicted octanol–water partition coefficient (Wildman–Crippen LogP) is 14.6. The lowest BCUT2D eigenvalue weighted by molar-refractivity contribution is -0.494. The molecule has 0 spiro atoms. The van der Waals surface area contributed by atoms with Crippen molar-refractivity contribution in [2.75, 3.05) is 144 Å². The van der Waals surface area contributed by atoms with Gasteiger partial charge in [0.15, 0.2) is 26.5 Å². The van der Waals surface area contributed by atoms with Gasteiger partial charge in [-0.1, -0.05) is 68.4 Å². The van der Waals surface area contributed by atoms with E-state index in [0.29, 0.717) is 68.7 Å². The van der Waals surface area contributed by atoms with Gasteiger partial charge in [0.1, 0.15) is 11.8 Å². The van der Waals surface area contributed by atoms with E-state index < -0.39 is 17.3 Å². The first kappa shape index (κ1) is 90.3. The standard InChI is InChI=1S/C27H24F3N6O.C26H22ClN7O.C26H24ClN6O.C25H21ClN6O/c1-34-16-19(15-33-34)17-2-5-23-21(12-17)26-18(14-32-23)3-7-25(37)36(26)20-4-6-24(22(13-20)27(28,29)30)35-10-8-31-9-11-35;27-21-12-19(3-5-23(21)33-9-7-29-8-10-33)34-24(35)6-2-17-13-30-22-4-1-16(11-20(22)25(17)34)18-14-31-26(28)32-15-18;1-31-16-19(15-30-31)17-2-5-23-21(12-17)26-18(14-29-23)3-7-25(34)33(26)20-4-6-24(22(27)13-20)32-10-8-28-9-11-32;26-21-12-19(3-5-23(21)31-9-7-27-8-10-31)32-24(33)6-2-17-13-28-22-4-1-16(11-20(22)25(17)32)18-14-29-30-15-18/h2-7,12-16,19,31H,8-11H2,1H3;1-6,11-15,29H,7-10H2,(H2,28,31,32);2-7,12-16,19,28H,8-11H2,1H3;1-6,11-15,18,27H,7-10H2/q+1;;+1;. The summed E-state index contributed by atoms with van der Waals surface area (Å²) in [6.07, 6.45) is 17.2. The highest BCUT2D eigenvalue weighted by Crippen LogP contribution is 2.42. The summed E-state index contributed by atoms with van der Waals surface area (Å²) in [7, 11) is 3.76. The molecule has 6 N–H and O–H groups in total. The zero-order valence-electron chi connectivity index (χ0n) is 75.4. The topological polar surface area (TPSA) is 308 Å². The highest BCUT2D eigenvalue weighted by atomic mass is 35.5. The maximum Gasteiger partial charge on any atom is 0.418 e. The van der Waals surface area contributed by atoms with Crippen LogP contribution in [-0.4, -0.2) is 214 Å². The minimum absolute atomic E-state index is 0.0151. The molecule has 9 aromatic heterocycles. The Labute approximate surface area is 807 Å². The number of hydrogen-bond acceptors (Lipinski definition) is 23. The minimum Gasteiger partial charge on any atom is -0.368 e. The van der Waals surface area contributed by atoms with Crippen molar-refractivity contribution in [2.24, 2.45) is 20.4 Å². The summed E-state index contributed by atoms with van der Waals surface area (Å²) in [5.41, 5.74) is 20.4. The number of nitrogens with two attached hydrogens (primary N) is 1. The number of nitrogens with zero attached hydrogens (tertiary/aromatic N) is 20. The Balaban J connectivity index is 0.000000110. The lowest BCUT2D eigenvalue weighted by Gasteiger charge is -2.32. The molecule has 4 fully saturated rings. The first-order valence-electron chi connectivity index (χ1n) is 45.8. The molecule has 17 aromatic rings. The quantitative estimate of drug-likeness (QED) is 0.0560.